The van der Waals surface area contributed by atoms with Crippen LogP contribution in [0, 0.1) is 0 Å². The monoisotopic (exact) mass is 832 g/mol. The van der Waals surface area contributed by atoms with Crippen LogP contribution in [0.4, 0.5) is 0 Å². The molecule has 0 unspecified atom stereocenters. The highest BCUT2D eigenvalue weighted by Crippen LogP contribution is 2.46. The Kier molecular flexibility index (Phi) is 8.08. The van der Waals surface area contributed by atoms with Crippen LogP contribution in [0.1, 0.15) is 0 Å². The second-order valence-electron chi connectivity index (χ2n) is 18.0. The van der Waals surface area contributed by atoms with Crippen LogP contribution in [0.15, 0.2) is 243 Å². The highest BCUT2D eigenvalue weighted by molar-refractivity contribution is 6.39. The van der Waals surface area contributed by atoms with Crippen LogP contribution in [-0.2, 0) is 0 Å². The Morgan fingerprint density at radius 3 is 0.924 bits per heavy atom. The van der Waals surface area contributed by atoms with Crippen LogP contribution >= 0.6 is 0 Å². The zero-order valence-electron chi connectivity index (χ0n) is 36.1. The van der Waals surface area contributed by atoms with Gasteiger partial charge in [0, 0.05) is 0 Å². The summed E-state index contributed by atoms with van der Waals surface area (Å²) in [6.45, 7) is 0. The summed E-state index contributed by atoms with van der Waals surface area (Å²) in [6, 6.07) is 90.5. The SMILES string of the molecule is c1ccc2c(-c3ccc4ccc(-c5ccc6c(c5)c5ccccc5c5c7ccc(-c8ccc9ccc(-c%10cccc%11ccccc%10%11)cc9c8)cc7c7ccccc7c65)cc4c3)cccc2c1. The molecule has 0 saturated heterocycles. The topological polar surface area (TPSA) is 0 Å². The molecule has 0 aliphatic carbocycles. The van der Waals surface area contributed by atoms with E-state index < -0.39 is 0 Å². The minimum Gasteiger partial charge on any atom is -0.0616 e. The van der Waals surface area contributed by atoms with Gasteiger partial charge in [0.25, 0.3) is 0 Å². The first-order valence-corrected chi connectivity index (χ1v) is 23.0. The van der Waals surface area contributed by atoms with Crippen molar-refractivity contribution in [2.45, 2.75) is 0 Å². The summed E-state index contributed by atoms with van der Waals surface area (Å²) in [5, 5.41) is 22.9. The van der Waals surface area contributed by atoms with Gasteiger partial charge in [0.2, 0.25) is 0 Å². The molecule has 304 valence electrons. The van der Waals surface area contributed by atoms with Crippen LogP contribution in [-0.4, -0.2) is 0 Å². The van der Waals surface area contributed by atoms with Gasteiger partial charge < -0.3 is 0 Å². The molecule has 0 nitrogen and oxygen atoms in total. The molecule has 0 aromatic heterocycles. The molecule has 0 atom stereocenters. The summed E-state index contributed by atoms with van der Waals surface area (Å²) >= 11 is 0. The van der Waals surface area contributed by atoms with E-state index in [1.54, 1.807) is 0 Å². The van der Waals surface area contributed by atoms with Gasteiger partial charge in [-0.25, -0.2) is 0 Å². The Hall–Kier alpha value is -8.58. The van der Waals surface area contributed by atoms with Gasteiger partial charge in [-0.2, -0.15) is 0 Å². The average Bonchev–Trinajstić information content (AvgIpc) is 3.39. The zero-order valence-corrected chi connectivity index (χ0v) is 36.1. The van der Waals surface area contributed by atoms with E-state index in [0.717, 1.165) is 0 Å². The highest BCUT2D eigenvalue weighted by Gasteiger charge is 2.18. The molecular formula is C66H40. The fraction of sp³-hybridized carbons (Fsp3) is 0. The molecule has 14 aromatic carbocycles. The molecule has 0 N–H and O–H groups in total. The largest absolute Gasteiger partial charge is 0.0616 e. The average molecular weight is 833 g/mol. The van der Waals surface area contributed by atoms with Crippen molar-refractivity contribution in [3.8, 4) is 44.5 Å². The molecule has 0 spiro atoms. The first-order valence-electron chi connectivity index (χ1n) is 23.0. The number of fused-ring (bicyclic) bond motifs is 15. The molecule has 0 saturated carbocycles. The summed E-state index contributed by atoms with van der Waals surface area (Å²) < 4.78 is 0. The Morgan fingerprint density at radius 1 is 0.152 bits per heavy atom. The molecule has 0 heteroatoms. The van der Waals surface area contributed by atoms with Crippen LogP contribution in [0.2, 0.25) is 0 Å². The molecule has 0 amide bonds. The van der Waals surface area contributed by atoms with Crippen molar-refractivity contribution < 1.29 is 0 Å². The standard InChI is InChI=1S/C66H40/c1-3-15-53-43(11-1)13-9-21-55(53)49-29-25-41-23-27-45(35-51(41)37-49)47-31-33-61-63(39-47)57-17-5-7-19-59(57)66-62-34-32-48(40-64(62)58-18-6-8-20-60(58)65(61)66)46-28-24-42-26-30-50(38-52(42)36-46)56-22-10-14-44-12-2-4-16-54(44)56/h1-40H. The normalized spacial score (nSPS) is 11.9. The number of rotatable bonds is 4. The predicted octanol–water partition coefficient (Wildman–Crippen LogP) is 18.7. The number of hydrogen-bond donors (Lipinski definition) is 0. The van der Waals surface area contributed by atoms with E-state index in [4.69, 9.17) is 0 Å². The lowest BCUT2D eigenvalue weighted by molar-refractivity contribution is 1.66. The van der Waals surface area contributed by atoms with Crippen molar-refractivity contribution in [1.29, 1.82) is 0 Å². The van der Waals surface area contributed by atoms with Crippen molar-refractivity contribution in [1.82, 2.24) is 0 Å². The molecule has 0 radical (unpaired) electrons. The fourth-order valence-corrected chi connectivity index (χ4v) is 11.2. The van der Waals surface area contributed by atoms with E-state index in [-0.39, 0.29) is 0 Å². The Bertz CT molecular complexity index is 4050. The third-order valence-corrected chi connectivity index (χ3v) is 14.3. The molecule has 14 aromatic rings. The molecule has 0 heterocycles. The van der Waals surface area contributed by atoms with Gasteiger partial charge in [0.15, 0.2) is 0 Å². The fourth-order valence-electron chi connectivity index (χ4n) is 11.2. The van der Waals surface area contributed by atoms with Gasteiger partial charge in [-0.1, -0.05) is 206 Å². The van der Waals surface area contributed by atoms with E-state index >= 15 is 0 Å². The van der Waals surface area contributed by atoms with Crippen LogP contribution in [0.5, 0.6) is 0 Å². The van der Waals surface area contributed by atoms with Crippen molar-refractivity contribution >= 4 is 97.0 Å². The lowest BCUT2D eigenvalue weighted by Gasteiger charge is -2.18. The number of hydrogen-bond acceptors (Lipinski definition) is 0. The summed E-state index contributed by atoms with van der Waals surface area (Å²) in [5.74, 6) is 0. The van der Waals surface area contributed by atoms with E-state index in [1.165, 1.54) is 141 Å². The quantitative estimate of drug-likeness (QED) is 0.155. The van der Waals surface area contributed by atoms with Gasteiger partial charge in [-0.3, -0.25) is 0 Å². The molecule has 0 aliphatic heterocycles. The van der Waals surface area contributed by atoms with Gasteiger partial charge in [0.1, 0.15) is 0 Å². The summed E-state index contributed by atoms with van der Waals surface area (Å²) in [5.41, 5.74) is 9.89. The van der Waals surface area contributed by atoms with Crippen molar-refractivity contribution in [3.05, 3.63) is 243 Å². The lowest BCUT2D eigenvalue weighted by atomic mass is 9.85. The third-order valence-electron chi connectivity index (χ3n) is 14.3. The maximum absolute atomic E-state index is 2.43. The highest BCUT2D eigenvalue weighted by atomic mass is 14.2. The zero-order chi connectivity index (χ0) is 43.3. The smallest absolute Gasteiger partial charge is 0.00139 e. The Labute approximate surface area is 382 Å². The summed E-state index contributed by atoms with van der Waals surface area (Å²) in [7, 11) is 0. The van der Waals surface area contributed by atoms with Crippen LogP contribution in [0.3, 0.4) is 0 Å². The van der Waals surface area contributed by atoms with E-state index in [9.17, 15) is 0 Å². The van der Waals surface area contributed by atoms with Gasteiger partial charge in [0.05, 0.1) is 0 Å². The Morgan fingerprint density at radius 2 is 0.470 bits per heavy atom. The lowest BCUT2D eigenvalue weighted by Crippen LogP contribution is -1.90. The first kappa shape index (κ1) is 36.9. The van der Waals surface area contributed by atoms with E-state index in [2.05, 4.69) is 243 Å². The van der Waals surface area contributed by atoms with E-state index in [0.29, 0.717) is 0 Å². The molecular weight excluding hydrogens is 793 g/mol. The Balaban J connectivity index is 0.922. The molecule has 0 fully saturated rings. The van der Waals surface area contributed by atoms with Crippen LogP contribution < -0.4 is 0 Å². The van der Waals surface area contributed by atoms with Crippen LogP contribution in [0.25, 0.3) is 141 Å². The third kappa shape index (κ3) is 5.72. The minimum atomic E-state index is 1.22. The maximum Gasteiger partial charge on any atom is -0.00139 e. The van der Waals surface area contributed by atoms with Gasteiger partial charge >= 0.3 is 0 Å². The second kappa shape index (κ2) is 14.5. The van der Waals surface area contributed by atoms with Crippen molar-refractivity contribution in [2.24, 2.45) is 0 Å². The summed E-state index contributed by atoms with van der Waals surface area (Å²) in [6.07, 6.45) is 0. The molecule has 14 rings (SSSR count). The van der Waals surface area contributed by atoms with E-state index in [1.807, 2.05) is 0 Å². The molecule has 0 aliphatic rings. The second-order valence-corrected chi connectivity index (χ2v) is 18.0. The van der Waals surface area contributed by atoms with Gasteiger partial charge in [-0.05, 0) is 178 Å². The molecule has 66 heavy (non-hydrogen) atoms. The first-order chi connectivity index (χ1) is 32.7. The van der Waals surface area contributed by atoms with Crippen molar-refractivity contribution in [2.75, 3.05) is 0 Å². The van der Waals surface area contributed by atoms with Crippen molar-refractivity contribution in [3.63, 3.8) is 0 Å². The molecule has 0 bridgehead atoms. The summed E-state index contributed by atoms with van der Waals surface area (Å²) in [4.78, 5) is 0. The number of benzene rings is 14. The maximum atomic E-state index is 2.43. The van der Waals surface area contributed by atoms with Gasteiger partial charge in [-0.15, -0.1) is 0 Å². The minimum absolute atomic E-state index is 1.22. The predicted molar refractivity (Wildman–Crippen MR) is 286 cm³/mol.